The third-order valence-corrected chi connectivity index (χ3v) is 1.79. The normalized spacial score (nSPS) is 12.6. The monoisotopic (exact) mass is 169 g/mol. The van der Waals surface area contributed by atoms with Crippen molar-refractivity contribution < 1.29 is 0 Å². The van der Waals surface area contributed by atoms with Gasteiger partial charge in [0.15, 0.2) is 0 Å². The third-order valence-electron chi connectivity index (χ3n) is 1.79. The Bertz CT molecular complexity index is 125. The number of nitrogens with one attached hydrogen (secondary N) is 1. The van der Waals surface area contributed by atoms with Gasteiger partial charge < -0.3 is 5.32 Å². The molecule has 1 heteroatoms. The summed E-state index contributed by atoms with van der Waals surface area (Å²) < 4.78 is 0. The molecule has 0 aromatic carbocycles. The van der Waals surface area contributed by atoms with Crippen molar-refractivity contribution in [1.82, 2.24) is 5.32 Å². The first-order valence-electron chi connectivity index (χ1n) is 5.03. The standard InChI is InChI=1S/C11H23N/c1-5-12-8-6-7-11(4)9-10(2)3/h7,10,12H,5-6,8-9H2,1-4H3. The Hall–Kier alpha value is -0.300. The topological polar surface area (TPSA) is 12.0 Å². The van der Waals surface area contributed by atoms with Crippen molar-refractivity contribution in [3.63, 3.8) is 0 Å². The Kier molecular flexibility index (Phi) is 7.17. The second kappa shape index (κ2) is 7.35. The zero-order chi connectivity index (χ0) is 9.40. The number of rotatable bonds is 6. The van der Waals surface area contributed by atoms with Crippen LogP contribution in [0.4, 0.5) is 0 Å². The predicted molar refractivity (Wildman–Crippen MR) is 56.4 cm³/mol. The molecule has 0 radical (unpaired) electrons. The lowest BCUT2D eigenvalue weighted by Gasteiger charge is -2.04. The Balaban J connectivity index is 3.41. The maximum Gasteiger partial charge on any atom is -0.00143 e. The van der Waals surface area contributed by atoms with Gasteiger partial charge in [0.1, 0.15) is 0 Å². The van der Waals surface area contributed by atoms with Gasteiger partial charge in [-0.1, -0.05) is 32.4 Å². The van der Waals surface area contributed by atoms with Crippen LogP contribution in [0, 0.1) is 5.92 Å². The van der Waals surface area contributed by atoms with Crippen LogP contribution in [-0.4, -0.2) is 13.1 Å². The van der Waals surface area contributed by atoms with E-state index < -0.39 is 0 Å². The molecule has 0 aliphatic rings. The summed E-state index contributed by atoms with van der Waals surface area (Å²) in [5, 5.41) is 3.31. The molecular formula is C11H23N. The van der Waals surface area contributed by atoms with Crippen LogP contribution in [-0.2, 0) is 0 Å². The van der Waals surface area contributed by atoms with Crippen molar-refractivity contribution in [3.8, 4) is 0 Å². The Morgan fingerprint density at radius 2 is 2.08 bits per heavy atom. The molecule has 1 nitrogen and oxygen atoms in total. The molecule has 1 N–H and O–H groups in total. The Morgan fingerprint density at radius 1 is 1.42 bits per heavy atom. The average molecular weight is 169 g/mol. The molecular weight excluding hydrogens is 146 g/mol. The van der Waals surface area contributed by atoms with Crippen LogP contribution in [0.15, 0.2) is 11.6 Å². The van der Waals surface area contributed by atoms with Crippen molar-refractivity contribution in [2.24, 2.45) is 5.92 Å². The smallest absolute Gasteiger partial charge is 0.00143 e. The fraction of sp³-hybridized carbons (Fsp3) is 0.818. The molecule has 0 saturated carbocycles. The second-order valence-corrected chi connectivity index (χ2v) is 3.79. The molecule has 0 saturated heterocycles. The highest BCUT2D eigenvalue weighted by atomic mass is 14.8. The highest BCUT2D eigenvalue weighted by Gasteiger charge is 1.94. The van der Waals surface area contributed by atoms with Crippen molar-refractivity contribution in [1.29, 1.82) is 0 Å². The van der Waals surface area contributed by atoms with Gasteiger partial charge in [-0.25, -0.2) is 0 Å². The van der Waals surface area contributed by atoms with E-state index in [1.54, 1.807) is 0 Å². The second-order valence-electron chi connectivity index (χ2n) is 3.79. The van der Waals surface area contributed by atoms with Crippen molar-refractivity contribution in [2.75, 3.05) is 13.1 Å². The molecule has 0 unspecified atom stereocenters. The lowest BCUT2D eigenvalue weighted by molar-refractivity contribution is 0.638. The maximum absolute atomic E-state index is 3.31. The van der Waals surface area contributed by atoms with Gasteiger partial charge in [-0.05, 0) is 38.8 Å². The minimum atomic E-state index is 0.792. The molecule has 0 atom stereocenters. The van der Waals surface area contributed by atoms with Crippen LogP contribution >= 0.6 is 0 Å². The SMILES string of the molecule is CCNCCC=C(C)CC(C)C. The highest BCUT2D eigenvalue weighted by Crippen LogP contribution is 2.09. The van der Waals surface area contributed by atoms with Crippen LogP contribution in [0.1, 0.15) is 40.5 Å². The van der Waals surface area contributed by atoms with Gasteiger partial charge >= 0.3 is 0 Å². The lowest BCUT2D eigenvalue weighted by atomic mass is 10.0. The van der Waals surface area contributed by atoms with Crippen molar-refractivity contribution >= 4 is 0 Å². The van der Waals surface area contributed by atoms with Crippen molar-refractivity contribution in [3.05, 3.63) is 11.6 Å². The fourth-order valence-electron chi connectivity index (χ4n) is 1.32. The van der Waals surface area contributed by atoms with Crippen molar-refractivity contribution in [2.45, 2.75) is 40.5 Å². The average Bonchev–Trinajstić information content (AvgIpc) is 1.97. The summed E-state index contributed by atoms with van der Waals surface area (Å²) in [4.78, 5) is 0. The van der Waals surface area contributed by atoms with Gasteiger partial charge in [-0.2, -0.15) is 0 Å². The number of allylic oxidation sites excluding steroid dienone is 1. The lowest BCUT2D eigenvalue weighted by Crippen LogP contribution is -2.13. The Labute approximate surface area is 77.2 Å². The Morgan fingerprint density at radius 3 is 2.58 bits per heavy atom. The van der Waals surface area contributed by atoms with Crippen LogP contribution < -0.4 is 5.32 Å². The molecule has 72 valence electrons. The van der Waals surface area contributed by atoms with Gasteiger partial charge in [0.05, 0.1) is 0 Å². The summed E-state index contributed by atoms with van der Waals surface area (Å²) in [6, 6.07) is 0. The molecule has 0 heterocycles. The van der Waals surface area contributed by atoms with Crippen LogP contribution in [0.25, 0.3) is 0 Å². The zero-order valence-electron chi connectivity index (χ0n) is 8.98. The summed E-state index contributed by atoms with van der Waals surface area (Å²) in [5.41, 5.74) is 1.53. The van der Waals surface area contributed by atoms with Crippen LogP contribution in [0.2, 0.25) is 0 Å². The van der Waals surface area contributed by atoms with E-state index in [-0.39, 0.29) is 0 Å². The first-order chi connectivity index (χ1) is 5.66. The molecule has 0 aromatic rings. The van der Waals surface area contributed by atoms with E-state index in [1.165, 1.54) is 18.4 Å². The van der Waals surface area contributed by atoms with E-state index >= 15 is 0 Å². The molecule has 0 spiro atoms. The quantitative estimate of drug-likeness (QED) is 0.476. The van der Waals surface area contributed by atoms with Crippen LogP contribution in [0.5, 0.6) is 0 Å². The van der Waals surface area contributed by atoms with E-state index in [9.17, 15) is 0 Å². The van der Waals surface area contributed by atoms with Gasteiger partial charge in [-0.15, -0.1) is 0 Å². The summed E-state index contributed by atoms with van der Waals surface area (Å²) >= 11 is 0. The first kappa shape index (κ1) is 11.7. The van der Waals surface area contributed by atoms with Gasteiger partial charge in [-0.3, -0.25) is 0 Å². The summed E-state index contributed by atoms with van der Waals surface area (Å²) in [7, 11) is 0. The summed E-state index contributed by atoms with van der Waals surface area (Å²) in [5.74, 6) is 0.792. The highest BCUT2D eigenvalue weighted by molar-refractivity contribution is 4.98. The van der Waals surface area contributed by atoms with E-state index in [0.29, 0.717) is 0 Å². The van der Waals surface area contributed by atoms with E-state index in [2.05, 4.69) is 39.1 Å². The predicted octanol–water partition coefficient (Wildman–Crippen LogP) is 2.98. The summed E-state index contributed by atoms with van der Waals surface area (Å²) in [6.07, 6.45) is 4.77. The number of hydrogen-bond donors (Lipinski definition) is 1. The van der Waals surface area contributed by atoms with E-state index in [0.717, 1.165) is 19.0 Å². The number of hydrogen-bond acceptors (Lipinski definition) is 1. The van der Waals surface area contributed by atoms with E-state index in [1.807, 2.05) is 0 Å². The first-order valence-corrected chi connectivity index (χ1v) is 5.03. The molecule has 0 fully saturated rings. The maximum atomic E-state index is 3.31. The minimum Gasteiger partial charge on any atom is -0.317 e. The van der Waals surface area contributed by atoms with E-state index in [4.69, 9.17) is 0 Å². The molecule has 0 rings (SSSR count). The van der Waals surface area contributed by atoms with Gasteiger partial charge in [0, 0.05) is 0 Å². The summed E-state index contributed by atoms with van der Waals surface area (Å²) in [6.45, 7) is 11.1. The van der Waals surface area contributed by atoms with Gasteiger partial charge in [0.25, 0.3) is 0 Å². The fourth-order valence-corrected chi connectivity index (χ4v) is 1.32. The molecule has 12 heavy (non-hydrogen) atoms. The zero-order valence-corrected chi connectivity index (χ0v) is 8.98. The molecule has 0 amide bonds. The van der Waals surface area contributed by atoms with Gasteiger partial charge in [0.2, 0.25) is 0 Å². The largest absolute Gasteiger partial charge is 0.317 e. The molecule has 0 aliphatic carbocycles. The minimum absolute atomic E-state index is 0.792. The van der Waals surface area contributed by atoms with Crippen LogP contribution in [0.3, 0.4) is 0 Å². The molecule has 0 aromatic heterocycles. The molecule has 0 aliphatic heterocycles. The third kappa shape index (κ3) is 7.80. The molecule has 0 bridgehead atoms.